The summed E-state index contributed by atoms with van der Waals surface area (Å²) in [6.45, 7) is 0. The van der Waals surface area contributed by atoms with Gasteiger partial charge in [-0.15, -0.1) is 0 Å². The van der Waals surface area contributed by atoms with E-state index in [-0.39, 0.29) is 6.08 Å². The molecular formula is C4H2F3N. The molecule has 0 rings (SSSR count). The Bertz CT molecular complexity index is 133. The average molecular weight is 121 g/mol. The van der Waals surface area contributed by atoms with E-state index >= 15 is 0 Å². The van der Waals surface area contributed by atoms with E-state index < -0.39 is 12.3 Å². The van der Waals surface area contributed by atoms with Crippen LogP contribution in [0.3, 0.4) is 0 Å². The van der Waals surface area contributed by atoms with Crippen LogP contribution in [0.25, 0.3) is 0 Å². The highest BCUT2D eigenvalue weighted by molar-refractivity contribution is 5.12. The fourth-order valence-electron chi connectivity index (χ4n) is 0.148. The van der Waals surface area contributed by atoms with Crippen molar-refractivity contribution in [2.24, 2.45) is 0 Å². The highest BCUT2D eigenvalue weighted by Crippen LogP contribution is 2.00. The van der Waals surface area contributed by atoms with Crippen LogP contribution < -0.4 is 0 Å². The fraction of sp³-hybridized carbons (Fsp3) is 0.250. The van der Waals surface area contributed by atoms with Gasteiger partial charge >= 0.3 is 0 Å². The van der Waals surface area contributed by atoms with Gasteiger partial charge in [0.05, 0.1) is 0 Å². The number of rotatable bonds is 1. The lowest BCUT2D eigenvalue weighted by atomic mass is 10.5. The number of allylic oxidation sites excluding steroid dienone is 2. The topological polar surface area (TPSA) is 23.8 Å². The van der Waals surface area contributed by atoms with Gasteiger partial charge in [-0.05, 0) is 0 Å². The zero-order chi connectivity index (χ0) is 6.57. The van der Waals surface area contributed by atoms with Crippen LogP contribution in [0.5, 0.6) is 0 Å². The van der Waals surface area contributed by atoms with Gasteiger partial charge < -0.3 is 0 Å². The largest absolute Gasteiger partial charge is 0.260 e. The minimum Gasteiger partial charge on any atom is -0.206 e. The second kappa shape index (κ2) is 3.08. The van der Waals surface area contributed by atoms with E-state index in [1.165, 1.54) is 0 Å². The molecule has 0 unspecified atom stereocenters. The maximum Gasteiger partial charge on any atom is 0.260 e. The van der Waals surface area contributed by atoms with Crippen molar-refractivity contribution in [2.45, 2.75) is 6.43 Å². The second-order valence-corrected chi connectivity index (χ2v) is 0.961. The molecule has 0 spiro atoms. The number of alkyl halides is 2. The van der Waals surface area contributed by atoms with Crippen LogP contribution in [0.4, 0.5) is 13.2 Å². The zero-order valence-electron chi connectivity index (χ0n) is 3.74. The summed E-state index contributed by atoms with van der Waals surface area (Å²) in [5.41, 5.74) is 0. The second-order valence-electron chi connectivity index (χ2n) is 0.961. The maximum atomic E-state index is 11.4. The third kappa shape index (κ3) is 3.22. The van der Waals surface area contributed by atoms with Crippen molar-refractivity contribution in [1.29, 1.82) is 5.26 Å². The van der Waals surface area contributed by atoms with Gasteiger partial charge in [-0.1, -0.05) is 0 Å². The number of nitrogens with zero attached hydrogens (tertiary/aromatic N) is 1. The molecule has 4 heteroatoms. The Morgan fingerprint density at radius 1 is 1.62 bits per heavy atom. The fourth-order valence-corrected chi connectivity index (χ4v) is 0.148. The maximum absolute atomic E-state index is 11.4. The quantitative estimate of drug-likeness (QED) is 0.483. The summed E-state index contributed by atoms with van der Waals surface area (Å²) in [5, 5.41) is 7.56. The molecule has 0 atom stereocenters. The van der Waals surface area contributed by atoms with E-state index in [0.29, 0.717) is 0 Å². The highest BCUT2D eigenvalue weighted by Gasteiger charge is 1.98. The van der Waals surface area contributed by atoms with Crippen molar-refractivity contribution in [1.82, 2.24) is 0 Å². The number of hydrogen-bond donors (Lipinski definition) is 0. The Labute approximate surface area is 44.0 Å². The molecule has 0 aromatic carbocycles. The van der Waals surface area contributed by atoms with Gasteiger partial charge in [0, 0.05) is 6.08 Å². The van der Waals surface area contributed by atoms with E-state index in [2.05, 4.69) is 0 Å². The van der Waals surface area contributed by atoms with Crippen molar-refractivity contribution >= 4 is 0 Å². The smallest absolute Gasteiger partial charge is 0.206 e. The van der Waals surface area contributed by atoms with E-state index in [4.69, 9.17) is 5.26 Å². The SMILES string of the molecule is N#C/C(F)=C/C(F)F. The number of nitriles is 1. The Morgan fingerprint density at radius 2 is 2.12 bits per heavy atom. The van der Waals surface area contributed by atoms with E-state index in [1.807, 2.05) is 0 Å². The highest BCUT2D eigenvalue weighted by atomic mass is 19.3. The Balaban J connectivity index is 3.80. The molecule has 1 nitrogen and oxygen atoms in total. The van der Waals surface area contributed by atoms with Gasteiger partial charge in [-0.25, -0.2) is 8.78 Å². The van der Waals surface area contributed by atoms with Crippen LogP contribution in [0.15, 0.2) is 11.9 Å². The van der Waals surface area contributed by atoms with Crippen molar-refractivity contribution in [3.8, 4) is 6.07 Å². The molecule has 44 valence electrons. The summed E-state index contributed by atoms with van der Waals surface area (Å²) < 4.78 is 33.4. The molecule has 0 heterocycles. The van der Waals surface area contributed by atoms with Gasteiger partial charge in [0.25, 0.3) is 6.43 Å². The standard InChI is InChI=1S/C4H2F3N/c5-3(2-8)1-4(6)7/h1,4H/b3-1-. The Hall–Kier alpha value is -0.980. The summed E-state index contributed by atoms with van der Waals surface area (Å²) in [4.78, 5) is 0. The molecule has 0 saturated heterocycles. The van der Waals surface area contributed by atoms with Crippen LogP contribution >= 0.6 is 0 Å². The minimum absolute atomic E-state index is 0.0556. The average Bonchev–Trinajstić information content (AvgIpc) is 1.65. The first-order valence-corrected chi connectivity index (χ1v) is 1.72. The summed E-state index contributed by atoms with van der Waals surface area (Å²) >= 11 is 0. The molecule has 0 saturated carbocycles. The van der Waals surface area contributed by atoms with Crippen LogP contribution in [0, 0.1) is 11.3 Å². The first-order valence-electron chi connectivity index (χ1n) is 1.72. The Morgan fingerprint density at radius 3 is 2.25 bits per heavy atom. The van der Waals surface area contributed by atoms with Crippen LogP contribution in [0.2, 0.25) is 0 Å². The van der Waals surface area contributed by atoms with Crippen LogP contribution in [-0.2, 0) is 0 Å². The summed E-state index contributed by atoms with van der Waals surface area (Å²) in [7, 11) is 0. The van der Waals surface area contributed by atoms with E-state index in [9.17, 15) is 13.2 Å². The van der Waals surface area contributed by atoms with Gasteiger partial charge in [0.15, 0.2) is 0 Å². The molecule has 8 heavy (non-hydrogen) atoms. The van der Waals surface area contributed by atoms with Crippen molar-refractivity contribution in [3.63, 3.8) is 0 Å². The number of halogens is 3. The summed E-state index contributed by atoms with van der Waals surface area (Å²) in [6, 6.07) is 0.911. The third-order valence-electron chi connectivity index (χ3n) is 0.379. The molecule has 0 fully saturated rings. The lowest BCUT2D eigenvalue weighted by Crippen LogP contribution is -1.81. The molecule has 0 N–H and O–H groups in total. The van der Waals surface area contributed by atoms with E-state index in [1.54, 1.807) is 0 Å². The van der Waals surface area contributed by atoms with Gasteiger partial charge in [-0.3, -0.25) is 0 Å². The van der Waals surface area contributed by atoms with Gasteiger partial charge in [-0.2, -0.15) is 9.65 Å². The van der Waals surface area contributed by atoms with Crippen molar-refractivity contribution < 1.29 is 13.2 Å². The van der Waals surface area contributed by atoms with Gasteiger partial charge in [0.2, 0.25) is 5.83 Å². The zero-order valence-corrected chi connectivity index (χ0v) is 3.74. The molecule has 0 bridgehead atoms. The normalized spacial score (nSPS) is 11.6. The Kier molecular flexibility index (Phi) is 2.70. The molecule has 0 amide bonds. The summed E-state index contributed by atoms with van der Waals surface area (Å²) in [6.07, 6.45) is -2.94. The molecular weight excluding hydrogens is 119 g/mol. The first-order chi connectivity index (χ1) is 3.66. The predicted molar refractivity (Wildman–Crippen MR) is 20.8 cm³/mol. The van der Waals surface area contributed by atoms with Crippen molar-refractivity contribution in [3.05, 3.63) is 11.9 Å². The monoisotopic (exact) mass is 121 g/mol. The molecule has 0 aromatic rings. The first kappa shape index (κ1) is 7.02. The molecule has 0 aliphatic carbocycles. The minimum atomic E-state index is -2.88. The number of hydrogen-bond acceptors (Lipinski definition) is 1. The summed E-state index contributed by atoms with van der Waals surface area (Å²) in [5.74, 6) is -1.44. The van der Waals surface area contributed by atoms with E-state index in [0.717, 1.165) is 6.07 Å². The van der Waals surface area contributed by atoms with Crippen molar-refractivity contribution in [2.75, 3.05) is 0 Å². The molecule has 0 aromatic heterocycles. The van der Waals surface area contributed by atoms with Crippen LogP contribution in [-0.4, -0.2) is 6.43 Å². The molecule has 0 aliphatic rings. The van der Waals surface area contributed by atoms with Gasteiger partial charge in [0.1, 0.15) is 6.07 Å². The third-order valence-corrected chi connectivity index (χ3v) is 0.379. The van der Waals surface area contributed by atoms with Crippen LogP contribution in [0.1, 0.15) is 0 Å². The predicted octanol–water partition coefficient (Wildman–Crippen LogP) is 1.63. The lowest BCUT2D eigenvalue weighted by molar-refractivity contribution is 0.201. The lowest BCUT2D eigenvalue weighted by Gasteiger charge is -1.81. The molecule has 0 aliphatic heterocycles. The molecule has 0 radical (unpaired) electrons.